The molecule has 1 heterocycles. The molecule has 2 amide bonds. The van der Waals surface area contributed by atoms with E-state index in [1.807, 2.05) is 30.3 Å². The molecule has 0 radical (unpaired) electrons. The molecule has 0 N–H and O–H groups in total. The van der Waals surface area contributed by atoms with E-state index in [1.165, 1.54) is 17.0 Å². The van der Waals surface area contributed by atoms with Gasteiger partial charge in [-0.15, -0.1) is 0 Å². The predicted molar refractivity (Wildman–Crippen MR) is 96.4 cm³/mol. The van der Waals surface area contributed by atoms with Crippen molar-refractivity contribution in [1.29, 1.82) is 0 Å². The van der Waals surface area contributed by atoms with Gasteiger partial charge in [-0.25, -0.2) is 12.7 Å². The van der Waals surface area contributed by atoms with Crippen LogP contribution in [0.1, 0.15) is 18.4 Å². The van der Waals surface area contributed by atoms with Crippen LogP contribution in [0.25, 0.3) is 0 Å². The van der Waals surface area contributed by atoms with Crippen molar-refractivity contribution in [1.82, 2.24) is 9.21 Å². The number of amides is 2. The van der Waals surface area contributed by atoms with E-state index in [9.17, 15) is 18.0 Å². The van der Waals surface area contributed by atoms with Gasteiger partial charge in [0.15, 0.2) is 0 Å². The van der Waals surface area contributed by atoms with E-state index in [-0.39, 0.29) is 23.6 Å². The lowest BCUT2D eigenvalue weighted by Gasteiger charge is -2.27. The summed E-state index contributed by atoms with van der Waals surface area (Å²) in [6.45, 7) is 0.351. The van der Waals surface area contributed by atoms with Gasteiger partial charge in [-0.1, -0.05) is 48.5 Å². The lowest BCUT2D eigenvalue weighted by atomic mass is 10.1. The summed E-state index contributed by atoms with van der Waals surface area (Å²) >= 11 is 0. The van der Waals surface area contributed by atoms with E-state index < -0.39 is 22.0 Å². The Bertz CT molecular complexity index is 898. The summed E-state index contributed by atoms with van der Waals surface area (Å²) in [4.78, 5) is 26.6. The van der Waals surface area contributed by atoms with Crippen LogP contribution in [-0.2, 0) is 26.2 Å². The molecule has 7 heteroatoms. The van der Waals surface area contributed by atoms with Crippen molar-refractivity contribution in [2.24, 2.45) is 0 Å². The number of carbonyl (C=O) groups is 2. The van der Waals surface area contributed by atoms with Crippen LogP contribution in [0, 0.1) is 0 Å². The fourth-order valence-electron chi connectivity index (χ4n) is 3.08. The van der Waals surface area contributed by atoms with E-state index in [0.29, 0.717) is 6.54 Å². The molecule has 1 unspecified atom stereocenters. The van der Waals surface area contributed by atoms with Crippen LogP contribution in [0.5, 0.6) is 0 Å². The number of sulfonamides is 1. The average Bonchev–Trinajstić information content (AvgIpc) is 3.05. The Balaban J connectivity index is 1.84. The number of nitrogens with zero attached hydrogens (tertiary/aromatic N) is 2. The Morgan fingerprint density at radius 2 is 1.65 bits per heavy atom. The van der Waals surface area contributed by atoms with Gasteiger partial charge >= 0.3 is 0 Å². The lowest BCUT2D eigenvalue weighted by Crippen LogP contribution is -2.47. The Hall–Kier alpha value is -2.67. The van der Waals surface area contributed by atoms with Gasteiger partial charge in [-0.05, 0) is 24.1 Å². The van der Waals surface area contributed by atoms with Crippen molar-refractivity contribution in [3.05, 3.63) is 66.2 Å². The number of rotatable bonds is 5. The van der Waals surface area contributed by atoms with Gasteiger partial charge < -0.3 is 4.90 Å². The molecule has 0 aliphatic carbocycles. The van der Waals surface area contributed by atoms with Crippen molar-refractivity contribution >= 4 is 21.8 Å². The molecule has 0 aromatic heterocycles. The van der Waals surface area contributed by atoms with E-state index >= 15 is 0 Å². The molecule has 3 rings (SSSR count). The highest BCUT2D eigenvalue weighted by atomic mass is 32.2. The topological polar surface area (TPSA) is 74.8 Å². The summed E-state index contributed by atoms with van der Waals surface area (Å²) in [6.07, 6.45) is 0.241. The predicted octanol–water partition coefficient (Wildman–Crippen LogP) is 2.02. The number of hydrogen-bond donors (Lipinski definition) is 0. The molecular weight excluding hydrogens is 352 g/mol. The highest BCUT2D eigenvalue weighted by molar-refractivity contribution is 7.89. The molecule has 2 aromatic rings. The minimum atomic E-state index is -4.05. The van der Waals surface area contributed by atoms with Crippen LogP contribution in [0.3, 0.4) is 0 Å². The first-order valence-electron chi connectivity index (χ1n) is 8.32. The Morgan fingerprint density at radius 1 is 1.08 bits per heavy atom. The van der Waals surface area contributed by atoms with Gasteiger partial charge in [0.05, 0.1) is 4.90 Å². The second-order valence-corrected chi connectivity index (χ2v) is 8.06. The molecule has 1 aliphatic heterocycles. The molecule has 26 heavy (non-hydrogen) atoms. The first-order chi connectivity index (χ1) is 12.4. The standard InChI is InChI=1S/C19H20N2O4S/c1-20(14-15-8-4-2-5-9-15)19(23)17-12-13-18(22)21(17)26(24,25)16-10-6-3-7-11-16/h2-11,17H,12-14H2,1H3. The van der Waals surface area contributed by atoms with E-state index in [1.54, 1.807) is 25.2 Å². The van der Waals surface area contributed by atoms with Gasteiger partial charge in [0.2, 0.25) is 11.8 Å². The molecule has 2 aromatic carbocycles. The smallest absolute Gasteiger partial charge is 0.267 e. The van der Waals surface area contributed by atoms with Gasteiger partial charge in [0, 0.05) is 20.0 Å². The maximum Gasteiger partial charge on any atom is 0.267 e. The third-order valence-electron chi connectivity index (χ3n) is 4.38. The lowest BCUT2D eigenvalue weighted by molar-refractivity contribution is -0.137. The Labute approximate surface area is 153 Å². The summed E-state index contributed by atoms with van der Waals surface area (Å²) in [5.74, 6) is -0.917. The van der Waals surface area contributed by atoms with Crippen molar-refractivity contribution in [2.75, 3.05) is 7.05 Å². The minimum Gasteiger partial charge on any atom is -0.340 e. The van der Waals surface area contributed by atoms with Gasteiger partial charge in [0.1, 0.15) is 6.04 Å². The molecule has 1 atom stereocenters. The van der Waals surface area contributed by atoms with E-state index in [4.69, 9.17) is 0 Å². The van der Waals surface area contributed by atoms with Gasteiger partial charge in [-0.3, -0.25) is 9.59 Å². The van der Waals surface area contributed by atoms with Crippen LogP contribution >= 0.6 is 0 Å². The minimum absolute atomic E-state index is 0.0127. The van der Waals surface area contributed by atoms with Crippen LogP contribution in [0.2, 0.25) is 0 Å². The van der Waals surface area contributed by atoms with Crippen molar-refractivity contribution in [3.63, 3.8) is 0 Å². The number of hydrogen-bond acceptors (Lipinski definition) is 4. The molecule has 1 aliphatic rings. The number of likely N-dealkylation sites (N-methyl/N-ethyl adjacent to an activating group) is 1. The summed E-state index contributed by atoms with van der Waals surface area (Å²) < 4.78 is 26.5. The summed E-state index contributed by atoms with van der Waals surface area (Å²) in [5.41, 5.74) is 0.935. The molecule has 1 fully saturated rings. The molecular formula is C19H20N2O4S. The van der Waals surface area contributed by atoms with Crippen molar-refractivity contribution in [2.45, 2.75) is 30.3 Å². The second-order valence-electron chi connectivity index (χ2n) is 6.24. The van der Waals surface area contributed by atoms with Crippen LogP contribution in [0.15, 0.2) is 65.6 Å². The Morgan fingerprint density at radius 3 is 2.27 bits per heavy atom. The average molecular weight is 372 g/mol. The van der Waals surface area contributed by atoms with Crippen LogP contribution in [0.4, 0.5) is 0 Å². The zero-order chi connectivity index (χ0) is 18.7. The molecule has 0 bridgehead atoms. The fourth-order valence-corrected chi connectivity index (χ4v) is 4.70. The van der Waals surface area contributed by atoms with Crippen LogP contribution in [-0.4, -0.2) is 42.5 Å². The summed E-state index contributed by atoms with van der Waals surface area (Å²) in [7, 11) is -2.44. The molecule has 1 saturated heterocycles. The molecule has 0 spiro atoms. The zero-order valence-corrected chi connectivity index (χ0v) is 15.2. The van der Waals surface area contributed by atoms with E-state index in [0.717, 1.165) is 9.87 Å². The van der Waals surface area contributed by atoms with Crippen LogP contribution < -0.4 is 0 Å². The Kier molecular flexibility index (Phi) is 5.08. The first kappa shape index (κ1) is 18.1. The second kappa shape index (κ2) is 7.29. The quantitative estimate of drug-likeness (QED) is 0.805. The summed E-state index contributed by atoms with van der Waals surface area (Å²) in [5, 5.41) is 0. The third-order valence-corrected chi connectivity index (χ3v) is 6.23. The first-order valence-corrected chi connectivity index (χ1v) is 9.76. The third kappa shape index (κ3) is 3.48. The van der Waals surface area contributed by atoms with Crippen molar-refractivity contribution < 1.29 is 18.0 Å². The fraction of sp³-hybridized carbons (Fsp3) is 0.263. The van der Waals surface area contributed by atoms with Crippen molar-refractivity contribution in [3.8, 4) is 0 Å². The zero-order valence-electron chi connectivity index (χ0n) is 14.4. The largest absolute Gasteiger partial charge is 0.340 e. The highest BCUT2D eigenvalue weighted by Crippen LogP contribution is 2.28. The van der Waals surface area contributed by atoms with Gasteiger partial charge in [0.25, 0.3) is 10.0 Å². The number of carbonyl (C=O) groups excluding carboxylic acids is 2. The van der Waals surface area contributed by atoms with Gasteiger partial charge in [-0.2, -0.15) is 0 Å². The van der Waals surface area contributed by atoms with E-state index in [2.05, 4.69) is 0 Å². The normalized spacial score (nSPS) is 17.3. The maximum atomic E-state index is 12.9. The highest BCUT2D eigenvalue weighted by Gasteiger charge is 2.45. The SMILES string of the molecule is CN(Cc1ccccc1)C(=O)C1CCC(=O)N1S(=O)(=O)c1ccccc1. The monoisotopic (exact) mass is 372 g/mol. The molecule has 0 saturated carbocycles. The number of benzene rings is 2. The molecule has 136 valence electrons. The maximum absolute atomic E-state index is 12.9. The molecule has 6 nitrogen and oxygen atoms in total. The summed E-state index contributed by atoms with van der Waals surface area (Å²) in [6, 6.07) is 16.1.